The van der Waals surface area contributed by atoms with Crippen molar-refractivity contribution >= 4 is 59.2 Å². The number of carbonyl (C=O) groups is 4. The number of carbonyl (C=O) groups excluding carboxylic acids is 4. The third kappa shape index (κ3) is 34.1. The predicted molar refractivity (Wildman–Crippen MR) is 340 cm³/mol. The number of tetrazole rings is 1. The number of aliphatic hydroxyl groups excluding tert-OH is 2. The van der Waals surface area contributed by atoms with E-state index in [0.717, 1.165) is 6.42 Å². The maximum atomic E-state index is 12.0. The second kappa shape index (κ2) is 49.2. The molecule has 7 heterocycles. The standard InChI is InChI=1S/C19H30NO8P.C15H29N2O3P.C14H24NO6PS.C10H16O5.CH2N4/c1-3-15-17(8-12-23-15)28-29(25-10-4-9-20)26-13-18-16(7-11-24-18)27-19(22)6-5-14(2)21;1-7-14-15(8-10-18-14)20-21(19-11-9-16-6)17(12(2)3)13(4)5;1-2-12-13(5-9-17-12)21-22(23,19-7-3-6-15)20-10-14-11(16)4-8-18-14;1-7(12)2-3-10(13)15-8-4-5-14-9(8)6-11;1-2-4-5-3-1/h15-18H,3-8,10-13H2,1-2H3;12-15H,7-11H2,1-5H3;11-14,16H,2-5,7-10H2,1H3;8-9,11H,2-6H2,1H3;1H,(H,2,3,4,5)/t15-,16-,17-,18-,29?;14-,15-,21?;11-,12-,13-,14-,22?;8-,9-;/m1111./s1/i11T,12T;10T;8T,9T;5T;/t11-,12+,15+,16+,17+,18+,29?;10-,14+,15+,21?;8-,9+,11+,12+,13+,14+,22?;5-,8+,9+;/m0000.. The molecule has 0 bridgehead atoms. The van der Waals surface area contributed by atoms with Crippen molar-refractivity contribution in [3.8, 4) is 12.1 Å². The van der Waals surface area contributed by atoms with Crippen molar-refractivity contribution in [1.29, 1.82) is 10.5 Å². The van der Waals surface area contributed by atoms with Gasteiger partial charge in [0.15, 0.2) is 6.33 Å². The number of nitriles is 2. The summed E-state index contributed by atoms with van der Waals surface area (Å²) in [5.74, 6) is -1.19. The van der Waals surface area contributed by atoms with Gasteiger partial charge in [0.25, 0.3) is 8.53 Å². The van der Waals surface area contributed by atoms with Crippen LogP contribution in [0, 0.1) is 29.2 Å². The van der Waals surface area contributed by atoms with Crippen LogP contribution < -0.4 is 0 Å². The Morgan fingerprint density at radius 2 is 1.18 bits per heavy atom. The van der Waals surface area contributed by atoms with Crippen LogP contribution in [-0.4, -0.2) is 230 Å². The number of aromatic nitrogens is 4. The fraction of sp³-hybridized carbons (Fsp3) is 0.864. The van der Waals surface area contributed by atoms with Crippen molar-refractivity contribution in [2.75, 3.05) is 85.7 Å². The maximum absolute atomic E-state index is 12.0. The highest BCUT2D eigenvalue weighted by molar-refractivity contribution is 8.07. The van der Waals surface area contributed by atoms with Crippen LogP contribution in [0.4, 0.5) is 0 Å². The third-order valence-electron chi connectivity index (χ3n) is 13.7. The molecule has 0 spiro atoms. The number of nitrogens with one attached hydrogen (secondary N) is 1. The summed E-state index contributed by atoms with van der Waals surface area (Å²) in [5.41, 5.74) is 0. The number of Topliss-reactive ketones (excluding diaryl/α,β-unsaturated/α-hetero) is 2. The molecule has 3 unspecified atom stereocenters. The van der Waals surface area contributed by atoms with Crippen LogP contribution in [0.15, 0.2) is 6.33 Å². The fourth-order valence-electron chi connectivity index (χ4n) is 8.89. The van der Waals surface area contributed by atoms with E-state index in [1.807, 2.05) is 32.9 Å². The average Bonchev–Trinajstić information content (AvgIpc) is 1.79. The van der Waals surface area contributed by atoms with Crippen LogP contribution in [0.3, 0.4) is 0 Å². The van der Waals surface area contributed by atoms with Gasteiger partial charge in [-0.25, -0.2) is 11.2 Å². The molecule has 3 N–H and O–H groups in total. The predicted octanol–water partition coefficient (Wildman–Crippen LogP) is 7.81. The number of nitrogens with zero attached hydrogens (tertiary/aromatic N) is 7. The Bertz CT molecular complexity index is 2620. The molecule has 21 atom stereocenters. The normalized spacial score (nSPS) is 32.4. The molecule has 0 aliphatic carbocycles. The molecule has 0 aromatic carbocycles. The first kappa shape index (κ1) is 73.9. The van der Waals surface area contributed by atoms with Crippen LogP contribution in [0.25, 0.3) is 4.85 Å². The quantitative estimate of drug-likeness (QED) is 0.0249. The average molecular weight is 1410 g/mol. The zero-order chi connectivity index (χ0) is 73.6. The van der Waals surface area contributed by atoms with Gasteiger partial charge < -0.3 is 98.7 Å². The zero-order valence-corrected chi connectivity index (χ0v) is 58.1. The van der Waals surface area contributed by atoms with Crippen LogP contribution in [0.1, 0.15) is 167 Å². The summed E-state index contributed by atoms with van der Waals surface area (Å²) in [6, 6.07) is 4.52. The van der Waals surface area contributed by atoms with Crippen LogP contribution >= 0.6 is 23.8 Å². The van der Waals surface area contributed by atoms with Gasteiger partial charge in [-0.05, 0) is 85.5 Å². The Balaban J connectivity index is 0.000000342. The summed E-state index contributed by atoms with van der Waals surface area (Å²) in [6.45, 7) is 17.1. The van der Waals surface area contributed by atoms with E-state index in [2.05, 4.69) is 57.8 Å². The van der Waals surface area contributed by atoms with Crippen molar-refractivity contribution in [3.05, 3.63) is 17.7 Å². The second-order valence-electron chi connectivity index (χ2n) is 21.7. The van der Waals surface area contributed by atoms with E-state index in [9.17, 15) is 24.3 Å². The monoisotopic (exact) mass is 1410 g/mol. The molecule has 30 nitrogen and oxygen atoms in total. The molecule has 0 saturated carbocycles. The lowest BCUT2D eigenvalue weighted by atomic mass is 10.1. The highest BCUT2D eigenvalue weighted by Crippen LogP contribution is 2.53. The van der Waals surface area contributed by atoms with Gasteiger partial charge in [-0.3, -0.25) is 9.59 Å². The molecule has 6 fully saturated rings. The van der Waals surface area contributed by atoms with Gasteiger partial charge >= 0.3 is 27.3 Å². The van der Waals surface area contributed by atoms with Gasteiger partial charge in [0.05, 0.1) is 135 Å². The highest BCUT2D eigenvalue weighted by atomic mass is 32.5. The molecule has 0 amide bonds. The van der Waals surface area contributed by atoms with Crippen molar-refractivity contribution in [2.24, 2.45) is 0 Å². The summed E-state index contributed by atoms with van der Waals surface area (Å²) in [4.78, 5) is 48.3. The largest absolute Gasteiger partial charge is 0.459 e. The Hall–Kier alpha value is -3.35. The first-order valence-corrected chi connectivity index (χ1v) is 35.9. The van der Waals surface area contributed by atoms with Gasteiger partial charge in [-0.2, -0.15) is 15.7 Å². The van der Waals surface area contributed by atoms with E-state index in [1.54, 1.807) is 0 Å². The molecular weight excluding hydrogens is 1300 g/mol. The Labute approximate surface area is 564 Å². The highest BCUT2D eigenvalue weighted by Gasteiger charge is 2.40. The lowest BCUT2D eigenvalue weighted by molar-refractivity contribution is -0.154. The second-order valence-corrected chi connectivity index (χ2v) is 27.2. The Kier molecular flexibility index (Phi) is 39.1. The lowest BCUT2D eigenvalue weighted by Gasteiger charge is -2.37. The molecule has 530 valence electrons. The van der Waals surface area contributed by atoms with Crippen LogP contribution in [-0.2, 0) is 105 Å². The number of ketones is 2. The molecular formula is C59H101N8O22P3S. The first-order chi connectivity index (χ1) is 47.1. The molecule has 7 rings (SSSR count). The van der Waals surface area contributed by atoms with Crippen molar-refractivity contribution in [3.63, 3.8) is 0 Å². The minimum atomic E-state index is -3.21. The van der Waals surface area contributed by atoms with Gasteiger partial charge in [-0.15, -0.1) is 10.2 Å². The van der Waals surface area contributed by atoms with Crippen LogP contribution in [0.2, 0.25) is 0 Å². The van der Waals surface area contributed by atoms with E-state index in [4.69, 9.17) is 116 Å². The first-order valence-electron chi connectivity index (χ1n) is 34.6. The summed E-state index contributed by atoms with van der Waals surface area (Å²) in [5, 5.41) is 48.4. The Morgan fingerprint density at radius 3 is 1.66 bits per heavy atom. The Morgan fingerprint density at radius 1 is 0.688 bits per heavy atom. The molecule has 6 aliphatic rings. The summed E-state index contributed by atoms with van der Waals surface area (Å²) < 4.78 is 137. The molecule has 6 saturated heterocycles. The zero-order valence-electron chi connectivity index (χ0n) is 60.6. The van der Waals surface area contributed by atoms with Gasteiger partial charge in [-0.1, -0.05) is 26.0 Å². The van der Waals surface area contributed by atoms with Gasteiger partial charge in [0.2, 0.25) is 6.54 Å². The summed E-state index contributed by atoms with van der Waals surface area (Å²) in [6.07, 6.45) is 0.591. The maximum Gasteiger partial charge on any atom is 0.333 e. The SMILES string of the molecule is [3H][C@@H]1C[C@@H](OP(=S)(OCCC#N)OC[C@H]2O[C@@H]([3H])C[C@H]2O)[C@@H](CC)O1.[3H][C@@H]1C[C@@H](OP(OCCC#N)OC[C@H]2O[C@@H]([3H])C[C@H]2OC(=O)CCC(C)=O)[C@@H](CC)O1.[3H][C@H]1C[C@@H](OC(=O)CCC(C)=O)[C@@H](CO)O1.[3H][C@H]1C[C@@H](OP(OCC[N+]#[C-])N(C(C)C)C(C)C)[C@@H](CC)O1.c1nn[nH]n1. The van der Waals surface area contributed by atoms with E-state index in [-0.39, 0.29) is 145 Å². The lowest BCUT2D eigenvalue weighted by Crippen LogP contribution is -2.35. The van der Waals surface area contributed by atoms with Crippen molar-refractivity contribution < 1.29 is 112 Å². The molecule has 93 heavy (non-hydrogen) atoms. The number of ether oxygens (including phenoxy) is 8. The smallest absolute Gasteiger partial charge is 0.333 e. The minimum Gasteiger partial charge on any atom is -0.459 e. The number of rotatable bonds is 36. The number of hydrogen-bond acceptors (Lipinski definition) is 29. The van der Waals surface area contributed by atoms with Crippen molar-refractivity contribution in [2.45, 2.75) is 244 Å². The topological polar surface area (TPSA) is 366 Å². The van der Waals surface area contributed by atoms with E-state index >= 15 is 0 Å². The molecule has 6 aliphatic heterocycles. The number of esters is 2. The van der Waals surface area contributed by atoms with E-state index < -0.39 is 118 Å². The van der Waals surface area contributed by atoms with Crippen LogP contribution in [0.5, 0.6) is 0 Å². The molecule has 1 aromatic rings. The number of hydrogen-bond donors (Lipinski definition) is 3. The molecule has 0 radical (unpaired) electrons. The summed E-state index contributed by atoms with van der Waals surface area (Å²) in [7, 11) is -3.11. The molecule has 34 heteroatoms. The number of aromatic amines is 1. The fourth-order valence-corrected chi connectivity index (χ4v) is 13.9. The number of H-pyrrole nitrogens is 1. The van der Waals surface area contributed by atoms with Gasteiger partial charge in [0.1, 0.15) is 48.7 Å². The minimum absolute atomic E-state index is 0.0243. The molecule has 1 aromatic heterocycles. The number of aliphatic hydroxyl groups is 2. The van der Waals surface area contributed by atoms with Gasteiger partial charge in [0, 0.05) is 76.9 Å². The van der Waals surface area contributed by atoms with E-state index in [0.29, 0.717) is 45.3 Å². The summed E-state index contributed by atoms with van der Waals surface area (Å²) >= 11 is 5.43. The third-order valence-corrected chi connectivity index (χ3v) is 19.4. The van der Waals surface area contributed by atoms with E-state index in [1.165, 1.54) is 20.2 Å². The van der Waals surface area contributed by atoms with Crippen molar-refractivity contribution in [1.82, 2.24) is 25.3 Å².